The van der Waals surface area contributed by atoms with E-state index in [2.05, 4.69) is 4.98 Å². The van der Waals surface area contributed by atoms with E-state index < -0.39 is 5.97 Å². The number of aromatic nitrogens is 1. The Balaban J connectivity index is 1.74. The molecule has 0 aliphatic carbocycles. The maximum atomic E-state index is 12.8. The van der Waals surface area contributed by atoms with Crippen molar-refractivity contribution in [2.45, 2.75) is 6.61 Å². The highest BCUT2D eigenvalue weighted by atomic mass is 35.5. The molecule has 0 aliphatic rings. The lowest BCUT2D eigenvalue weighted by Crippen LogP contribution is -2.05. The van der Waals surface area contributed by atoms with Crippen molar-refractivity contribution in [1.29, 1.82) is 0 Å². The molecule has 0 saturated heterocycles. The van der Waals surface area contributed by atoms with E-state index in [1.165, 1.54) is 12.1 Å². The van der Waals surface area contributed by atoms with Gasteiger partial charge in [-0.15, -0.1) is 0 Å². The van der Waals surface area contributed by atoms with Crippen molar-refractivity contribution < 1.29 is 13.9 Å². The number of ether oxygens (including phenoxy) is 1. The molecule has 0 N–H and O–H groups in total. The average molecular weight is 316 g/mol. The van der Waals surface area contributed by atoms with Gasteiger partial charge in [-0.05, 0) is 48.0 Å². The van der Waals surface area contributed by atoms with Crippen LogP contribution in [-0.2, 0) is 11.3 Å². The SMILES string of the molecule is O=C(OCc1ccc(F)cc1)c1ccc2nc(Cl)ccc2c1. The number of carbonyl (C=O) groups is 1. The second-order valence-electron chi connectivity index (χ2n) is 4.74. The Morgan fingerprint density at radius 2 is 1.86 bits per heavy atom. The molecule has 0 aliphatic heterocycles. The van der Waals surface area contributed by atoms with E-state index in [1.54, 1.807) is 42.5 Å². The van der Waals surface area contributed by atoms with Crippen LogP contribution >= 0.6 is 11.6 Å². The molecule has 0 saturated carbocycles. The Kier molecular flexibility index (Phi) is 4.02. The van der Waals surface area contributed by atoms with Gasteiger partial charge in [-0.2, -0.15) is 0 Å². The quantitative estimate of drug-likeness (QED) is 0.531. The summed E-state index contributed by atoms with van der Waals surface area (Å²) in [6, 6.07) is 14.3. The van der Waals surface area contributed by atoms with Crippen LogP contribution in [0.1, 0.15) is 15.9 Å². The number of fused-ring (bicyclic) bond motifs is 1. The number of rotatable bonds is 3. The third kappa shape index (κ3) is 3.23. The zero-order chi connectivity index (χ0) is 15.5. The summed E-state index contributed by atoms with van der Waals surface area (Å²) >= 11 is 5.82. The van der Waals surface area contributed by atoms with Gasteiger partial charge in [-0.3, -0.25) is 0 Å². The normalized spacial score (nSPS) is 10.6. The molecule has 5 heteroatoms. The van der Waals surface area contributed by atoms with Gasteiger partial charge in [0.1, 0.15) is 17.6 Å². The summed E-state index contributed by atoms with van der Waals surface area (Å²) in [5.41, 5.74) is 1.87. The summed E-state index contributed by atoms with van der Waals surface area (Å²) in [5, 5.41) is 1.21. The molecule has 1 aromatic heterocycles. The smallest absolute Gasteiger partial charge is 0.338 e. The standard InChI is InChI=1S/C17H11ClFNO2/c18-16-8-4-12-9-13(3-7-15(12)20-16)17(21)22-10-11-1-5-14(19)6-2-11/h1-9H,10H2. The first-order valence-electron chi connectivity index (χ1n) is 6.60. The van der Waals surface area contributed by atoms with Crippen molar-refractivity contribution in [2.75, 3.05) is 0 Å². The fourth-order valence-corrected chi connectivity index (χ4v) is 2.19. The van der Waals surface area contributed by atoms with Crippen molar-refractivity contribution in [3.05, 3.63) is 76.7 Å². The maximum absolute atomic E-state index is 12.8. The van der Waals surface area contributed by atoms with Crippen LogP contribution in [-0.4, -0.2) is 11.0 Å². The average Bonchev–Trinajstić information content (AvgIpc) is 2.53. The minimum atomic E-state index is -0.443. The van der Waals surface area contributed by atoms with Gasteiger partial charge in [0.2, 0.25) is 0 Å². The number of hydrogen-bond acceptors (Lipinski definition) is 3. The number of esters is 1. The number of nitrogens with zero attached hydrogens (tertiary/aromatic N) is 1. The number of pyridine rings is 1. The largest absolute Gasteiger partial charge is 0.457 e. The second-order valence-corrected chi connectivity index (χ2v) is 5.13. The summed E-state index contributed by atoms with van der Waals surface area (Å²) in [6.45, 7) is 0.0933. The lowest BCUT2D eigenvalue weighted by Gasteiger charge is -2.06. The van der Waals surface area contributed by atoms with E-state index in [4.69, 9.17) is 16.3 Å². The first kappa shape index (κ1) is 14.5. The van der Waals surface area contributed by atoms with Crippen LogP contribution in [0.4, 0.5) is 4.39 Å². The van der Waals surface area contributed by atoms with Crippen molar-refractivity contribution >= 4 is 28.5 Å². The molecule has 0 bridgehead atoms. The number of halogens is 2. The molecule has 110 valence electrons. The van der Waals surface area contributed by atoms with E-state index in [0.717, 1.165) is 10.9 Å². The number of benzene rings is 2. The maximum Gasteiger partial charge on any atom is 0.338 e. The molecule has 0 fully saturated rings. The van der Waals surface area contributed by atoms with Crippen LogP contribution in [0.5, 0.6) is 0 Å². The van der Waals surface area contributed by atoms with Gasteiger partial charge in [0.15, 0.2) is 0 Å². The molecule has 3 rings (SSSR count). The van der Waals surface area contributed by atoms with Gasteiger partial charge >= 0.3 is 5.97 Å². The lowest BCUT2D eigenvalue weighted by molar-refractivity contribution is 0.0473. The van der Waals surface area contributed by atoms with E-state index in [0.29, 0.717) is 16.2 Å². The molecule has 1 heterocycles. The van der Waals surface area contributed by atoms with E-state index in [-0.39, 0.29) is 12.4 Å². The van der Waals surface area contributed by atoms with E-state index in [9.17, 15) is 9.18 Å². The minimum absolute atomic E-state index is 0.0933. The first-order valence-corrected chi connectivity index (χ1v) is 6.97. The Bertz CT molecular complexity index is 834. The highest BCUT2D eigenvalue weighted by Crippen LogP contribution is 2.18. The minimum Gasteiger partial charge on any atom is -0.457 e. The molecule has 3 aromatic rings. The molecular weight excluding hydrogens is 305 g/mol. The van der Waals surface area contributed by atoms with Gasteiger partial charge in [0.05, 0.1) is 11.1 Å². The van der Waals surface area contributed by atoms with Crippen LogP contribution in [0.15, 0.2) is 54.6 Å². The zero-order valence-corrected chi connectivity index (χ0v) is 12.2. The summed E-state index contributed by atoms with van der Waals surface area (Å²) < 4.78 is 18.0. The third-order valence-electron chi connectivity index (χ3n) is 3.17. The Hall–Kier alpha value is -2.46. The summed E-state index contributed by atoms with van der Waals surface area (Å²) in [6.07, 6.45) is 0. The van der Waals surface area contributed by atoms with Crippen LogP contribution in [0.3, 0.4) is 0 Å². The van der Waals surface area contributed by atoms with E-state index >= 15 is 0 Å². The summed E-state index contributed by atoms with van der Waals surface area (Å²) in [5.74, 6) is -0.767. The monoisotopic (exact) mass is 315 g/mol. The Morgan fingerprint density at radius 1 is 1.09 bits per heavy atom. The topological polar surface area (TPSA) is 39.2 Å². The molecule has 0 atom stereocenters. The van der Waals surface area contributed by atoms with Crippen molar-refractivity contribution in [3.63, 3.8) is 0 Å². The summed E-state index contributed by atoms with van der Waals surface area (Å²) in [7, 11) is 0. The fourth-order valence-electron chi connectivity index (χ4n) is 2.04. The fraction of sp³-hybridized carbons (Fsp3) is 0.0588. The van der Waals surface area contributed by atoms with Gasteiger partial charge in [-0.25, -0.2) is 14.2 Å². The molecule has 3 nitrogen and oxygen atoms in total. The first-order chi connectivity index (χ1) is 10.6. The molecule has 22 heavy (non-hydrogen) atoms. The van der Waals surface area contributed by atoms with Gasteiger partial charge in [0, 0.05) is 5.39 Å². The predicted molar refractivity (Wildman–Crippen MR) is 82.3 cm³/mol. The van der Waals surface area contributed by atoms with Crippen molar-refractivity contribution in [3.8, 4) is 0 Å². The van der Waals surface area contributed by atoms with E-state index in [1.807, 2.05) is 0 Å². The highest BCUT2D eigenvalue weighted by Gasteiger charge is 2.09. The van der Waals surface area contributed by atoms with Crippen molar-refractivity contribution in [1.82, 2.24) is 4.98 Å². The van der Waals surface area contributed by atoms with Crippen LogP contribution in [0.25, 0.3) is 10.9 Å². The van der Waals surface area contributed by atoms with Crippen LogP contribution in [0, 0.1) is 5.82 Å². The molecule has 0 unspecified atom stereocenters. The van der Waals surface area contributed by atoms with Crippen molar-refractivity contribution in [2.24, 2.45) is 0 Å². The number of hydrogen-bond donors (Lipinski definition) is 0. The van der Waals surface area contributed by atoms with Gasteiger partial charge in [-0.1, -0.05) is 23.7 Å². The lowest BCUT2D eigenvalue weighted by atomic mass is 10.1. The predicted octanol–water partition coefficient (Wildman–Crippen LogP) is 4.38. The second kappa shape index (κ2) is 6.12. The van der Waals surface area contributed by atoms with Crippen LogP contribution in [0.2, 0.25) is 5.15 Å². The van der Waals surface area contributed by atoms with Gasteiger partial charge < -0.3 is 4.74 Å². The Labute approximate surface area is 131 Å². The molecular formula is C17H11ClFNO2. The number of carbonyl (C=O) groups excluding carboxylic acids is 1. The molecule has 0 amide bonds. The third-order valence-corrected chi connectivity index (χ3v) is 3.38. The molecule has 2 aromatic carbocycles. The zero-order valence-electron chi connectivity index (χ0n) is 11.4. The Morgan fingerprint density at radius 3 is 2.64 bits per heavy atom. The highest BCUT2D eigenvalue weighted by molar-refractivity contribution is 6.29. The van der Waals surface area contributed by atoms with Crippen LogP contribution < -0.4 is 0 Å². The molecule has 0 spiro atoms. The summed E-state index contributed by atoms with van der Waals surface area (Å²) in [4.78, 5) is 16.2. The molecule has 0 radical (unpaired) electrons. The van der Waals surface area contributed by atoms with Gasteiger partial charge in [0.25, 0.3) is 0 Å².